The molecular weight excluding hydrogens is 458 g/mol. The fourth-order valence-electron chi connectivity index (χ4n) is 4.06. The Morgan fingerprint density at radius 1 is 0.889 bits per heavy atom. The van der Waals surface area contributed by atoms with E-state index in [9.17, 15) is 9.59 Å². The van der Waals surface area contributed by atoms with Gasteiger partial charge in [0.25, 0.3) is 5.91 Å². The van der Waals surface area contributed by atoms with Gasteiger partial charge in [0.1, 0.15) is 11.5 Å². The van der Waals surface area contributed by atoms with Gasteiger partial charge in [-0.2, -0.15) is 0 Å². The quantitative estimate of drug-likeness (QED) is 0.478. The van der Waals surface area contributed by atoms with Crippen LogP contribution in [0.2, 0.25) is 0 Å². The molecule has 4 rings (SSSR count). The summed E-state index contributed by atoms with van der Waals surface area (Å²) >= 11 is 0. The smallest absolute Gasteiger partial charge is 0.254 e. The van der Waals surface area contributed by atoms with Gasteiger partial charge in [0.05, 0.1) is 40.0 Å². The Morgan fingerprint density at radius 2 is 1.47 bits per heavy atom. The van der Waals surface area contributed by atoms with E-state index in [-0.39, 0.29) is 24.4 Å². The average molecular weight is 490 g/mol. The van der Waals surface area contributed by atoms with E-state index in [1.165, 1.54) is 0 Å². The van der Waals surface area contributed by atoms with E-state index in [0.29, 0.717) is 37.6 Å². The topological polar surface area (TPSA) is 89.1 Å². The van der Waals surface area contributed by atoms with Crippen LogP contribution in [0.5, 0.6) is 11.5 Å². The van der Waals surface area contributed by atoms with Crippen molar-refractivity contribution in [2.75, 3.05) is 52.4 Å². The first-order valence-corrected chi connectivity index (χ1v) is 11.9. The second-order valence-corrected chi connectivity index (χ2v) is 8.39. The highest BCUT2D eigenvalue weighted by molar-refractivity contribution is 5.95. The molecule has 36 heavy (non-hydrogen) atoms. The summed E-state index contributed by atoms with van der Waals surface area (Å²) in [5.41, 5.74) is 3.13. The summed E-state index contributed by atoms with van der Waals surface area (Å²) in [6.45, 7) is 2.31. The molecule has 8 nitrogen and oxygen atoms in total. The molecule has 188 valence electrons. The molecule has 0 unspecified atom stereocenters. The third kappa shape index (κ3) is 6.34. The number of benzene rings is 3. The Bertz CT molecular complexity index is 1110. The van der Waals surface area contributed by atoms with Crippen LogP contribution < -0.4 is 20.1 Å². The predicted molar refractivity (Wildman–Crippen MR) is 138 cm³/mol. The number of nitrogens with one attached hydrogen (secondary N) is 2. The van der Waals surface area contributed by atoms with Crippen molar-refractivity contribution in [3.63, 3.8) is 0 Å². The molecule has 1 fully saturated rings. The van der Waals surface area contributed by atoms with Crippen LogP contribution in [-0.2, 0) is 9.53 Å². The van der Waals surface area contributed by atoms with Gasteiger partial charge in [0.15, 0.2) is 0 Å². The fraction of sp³-hybridized carbons (Fsp3) is 0.286. The number of amides is 2. The minimum atomic E-state index is -0.356. The fourth-order valence-corrected chi connectivity index (χ4v) is 4.06. The second-order valence-electron chi connectivity index (χ2n) is 8.39. The van der Waals surface area contributed by atoms with Crippen LogP contribution in [0.15, 0.2) is 72.8 Å². The van der Waals surface area contributed by atoms with Gasteiger partial charge >= 0.3 is 0 Å². The molecule has 0 radical (unpaired) electrons. The average Bonchev–Trinajstić information content (AvgIpc) is 2.95. The maximum absolute atomic E-state index is 13.0. The maximum atomic E-state index is 13.0. The summed E-state index contributed by atoms with van der Waals surface area (Å²) in [4.78, 5) is 27.5. The number of nitrogens with zero attached hydrogens (tertiary/aromatic N) is 1. The molecule has 1 saturated heterocycles. The normalized spacial score (nSPS) is 13.2. The molecule has 1 aliphatic heterocycles. The summed E-state index contributed by atoms with van der Waals surface area (Å²) in [6.07, 6.45) is 0. The molecule has 2 amide bonds. The number of rotatable bonds is 9. The van der Waals surface area contributed by atoms with E-state index >= 15 is 0 Å². The zero-order chi connectivity index (χ0) is 25.3. The summed E-state index contributed by atoms with van der Waals surface area (Å²) in [7, 11) is 3.24. The van der Waals surface area contributed by atoms with Gasteiger partial charge in [-0.3, -0.25) is 9.59 Å². The molecule has 2 N–H and O–H groups in total. The predicted octanol–water partition coefficient (Wildman–Crippen LogP) is 3.49. The van der Waals surface area contributed by atoms with Gasteiger partial charge in [-0.05, 0) is 53.6 Å². The Balaban J connectivity index is 1.44. The molecule has 0 aromatic heterocycles. The molecule has 0 spiro atoms. The van der Waals surface area contributed by atoms with Crippen molar-refractivity contribution in [1.29, 1.82) is 0 Å². The molecule has 0 bridgehead atoms. The standard InChI is InChI=1S/C28H31N3O5/c1-34-24-10-6-20(7-11-24)27(21-8-12-25(35-2)13-9-21)30-26(32)19-29-23-5-3-4-22(18-23)28(33)31-14-16-36-17-15-31/h3-13,18,27,29H,14-17,19H2,1-2H3,(H,30,32). The number of anilines is 1. The van der Waals surface area contributed by atoms with Gasteiger partial charge in [-0.15, -0.1) is 0 Å². The SMILES string of the molecule is COc1ccc(C(NC(=O)CNc2cccc(C(=O)N3CCOCC3)c2)c2ccc(OC)cc2)cc1. The van der Waals surface area contributed by atoms with Crippen LogP contribution in [0.4, 0.5) is 5.69 Å². The van der Waals surface area contributed by atoms with Crippen LogP contribution in [0.25, 0.3) is 0 Å². The number of ether oxygens (including phenoxy) is 3. The first-order chi connectivity index (χ1) is 17.6. The van der Waals surface area contributed by atoms with E-state index in [2.05, 4.69) is 10.6 Å². The monoisotopic (exact) mass is 489 g/mol. The van der Waals surface area contributed by atoms with Gasteiger partial charge in [0, 0.05) is 24.3 Å². The van der Waals surface area contributed by atoms with Crippen LogP contribution in [0.3, 0.4) is 0 Å². The van der Waals surface area contributed by atoms with Gasteiger partial charge in [-0.1, -0.05) is 30.3 Å². The zero-order valence-electron chi connectivity index (χ0n) is 20.5. The third-order valence-electron chi connectivity index (χ3n) is 6.06. The Kier molecular flexibility index (Phi) is 8.41. The lowest BCUT2D eigenvalue weighted by Gasteiger charge is -2.27. The zero-order valence-corrected chi connectivity index (χ0v) is 20.5. The van der Waals surface area contributed by atoms with Crippen molar-refractivity contribution >= 4 is 17.5 Å². The number of carbonyl (C=O) groups excluding carboxylic acids is 2. The number of morpholine rings is 1. The summed E-state index contributed by atoms with van der Waals surface area (Å²) in [5.74, 6) is 1.26. The van der Waals surface area contributed by atoms with Crippen molar-refractivity contribution in [3.05, 3.63) is 89.5 Å². The first-order valence-electron chi connectivity index (χ1n) is 11.9. The van der Waals surface area contributed by atoms with Gasteiger partial charge < -0.3 is 29.7 Å². The van der Waals surface area contributed by atoms with Crippen molar-refractivity contribution in [1.82, 2.24) is 10.2 Å². The first kappa shape index (κ1) is 25.1. The summed E-state index contributed by atoms with van der Waals surface area (Å²) in [6, 6.07) is 22.1. The molecule has 1 heterocycles. The minimum absolute atomic E-state index is 0.0366. The highest BCUT2D eigenvalue weighted by Crippen LogP contribution is 2.26. The number of hydrogen-bond acceptors (Lipinski definition) is 6. The van der Waals surface area contributed by atoms with Crippen molar-refractivity contribution in [2.24, 2.45) is 0 Å². The number of methoxy groups -OCH3 is 2. The van der Waals surface area contributed by atoms with Crippen LogP contribution in [0.1, 0.15) is 27.5 Å². The van der Waals surface area contributed by atoms with Crippen molar-refractivity contribution in [2.45, 2.75) is 6.04 Å². The lowest BCUT2D eigenvalue weighted by atomic mass is 9.98. The molecule has 0 aliphatic carbocycles. The van der Waals surface area contributed by atoms with Gasteiger partial charge in [-0.25, -0.2) is 0 Å². The van der Waals surface area contributed by atoms with E-state index in [4.69, 9.17) is 14.2 Å². The lowest BCUT2D eigenvalue weighted by Crippen LogP contribution is -2.40. The van der Waals surface area contributed by atoms with Crippen molar-refractivity contribution < 1.29 is 23.8 Å². The summed E-state index contributed by atoms with van der Waals surface area (Å²) < 4.78 is 15.9. The van der Waals surface area contributed by atoms with Crippen molar-refractivity contribution in [3.8, 4) is 11.5 Å². The van der Waals surface area contributed by atoms with Crippen LogP contribution in [0, 0.1) is 0 Å². The van der Waals surface area contributed by atoms with Crippen LogP contribution in [-0.4, -0.2) is 63.8 Å². The highest BCUT2D eigenvalue weighted by Gasteiger charge is 2.20. The Morgan fingerprint density at radius 3 is 2.03 bits per heavy atom. The van der Waals surface area contributed by atoms with E-state index < -0.39 is 0 Å². The van der Waals surface area contributed by atoms with Gasteiger partial charge in [0.2, 0.25) is 5.91 Å². The Hall–Kier alpha value is -4.04. The Labute approximate surface area is 211 Å². The molecule has 3 aromatic carbocycles. The lowest BCUT2D eigenvalue weighted by molar-refractivity contribution is -0.119. The largest absolute Gasteiger partial charge is 0.497 e. The molecule has 8 heteroatoms. The number of hydrogen-bond donors (Lipinski definition) is 2. The maximum Gasteiger partial charge on any atom is 0.254 e. The molecule has 0 saturated carbocycles. The summed E-state index contributed by atoms with van der Waals surface area (Å²) in [5, 5.41) is 6.25. The van der Waals surface area contributed by atoms with E-state index in [1.807, 2.05) is 60.7 Å². The molecule has 3 aromatic rings. The molecule has 1 aliphatic rings. The van der Waals surface area contributed by atoms with E-state index in [0.717, 1.165) is 22.6 Å². The molecular formula is C28H31N3O5. The number of carbonyl (C=O) groups is 2. The second kappa shape index (κ2) is 12.1. The van der Waals surface area contributed by atoms with Crippen LogP contribution >= 0.6 is 0 Å². The molecule has 0 atom stereocenters. The highest BCUT2D eigenvalue weighted by atomic mass is 16.5. The third-order valence-corrected chi connectivity index (χ3v) is 6.06. The van der Waals surface area contributed by atoms with E-state index in [1.54, 1.807) is 31.3 Å². The minimum Gasteiger partial charge on any atom is -0.497 e.